The highest BCUT2D eigenvalue weighted by Gasteiger charge is 2.21. The summed E-state index contributed by atoms with van der Waals surface area (Å²) in [5.74, 6) is 0. The average Bonchev–Trinajstić information content (AvgIpc) is 3.28. The first-order valence-corrected chi connectivity index (χ1v) is 11.3. The van der Waals surface area contributed by atoms with Crippen LogP contribution in [0.25, 0.3) is 11.4 Å². The molecule has 0 spiro atoms. The van der Waals surface area contributed by atoms with Crippen LogP contribution >= 0.6 is 21.6 Å². The molecule has 0 unspecified atom stereocenters. The molecule has 8 heteroatoms. The van der Waals surface area contributed by atoms with E-state index in [2.05, 4.69) is 10.2 Å². The number of carbonyl (C=O) groups excluding carboxylic acids is 2. The maximum absolute atomic E-state index is 11.9. The smallest absolute Gasteiger partial charge is 0.169 e. The highest BCUT2D eigenvalue weighted by Crippen LogP contribution is 2.43. The lowest BCUT2D eigenvalue weighted by atomic mass is 10.3. The van der Waals surface area contributed by atoms with Crippen LogP contribution in [0.2, 0.25) is 0 Å². The fourth-order valence-electron chi connectivity index (χ4n) is 3.09. The first-order chi connectivity index (χ1) is 14.6. The van der Waals surface area contributed by atoms with Crippen LogP contribution in [-0.2, 0) is 0 Å². The fraction of sp³-hybridized carbons (Fsp3) is 0.0909. The fourth-order valence-corrected chi connectivity index (χ4v) is 5.76. The zero-order valence-electron chi connectivity index (χ0n) is 16.4. The molecule has 0 radical (unpaired) electrons. The van der Waals surface area contributed by atoms with Crippen LogP contribution in [0.15, 0.2) is 70.5 Å². The number of aryl methyl sites for hydroxylation is 2. The molecule has 0 N–H and O–H groups in total. The van der Waals surface area contributed by atoms with Gasteiger partial charge in [-0.15, -0.1) is 0 Å². The van der Waals surface area contributed by atoms with Gasteiger partial charge in [0.1, 0.15) is 11.4 Å². The molecule has 0 saturated heterocycles. The molecule has 0 amide bonds. The Hall–Kier alpha value is -3.10. The molecule has 0 fully saturated rings. The predicted molar refractivity (Wildman–Crippen MR) is 119 cm³/mol. The Kier molecular flexibility index (Phi) is 5.87. The summed E-state index contributed by atoms with van der Waals surface area (Å²) in [6.45, 7) is 3.74. The number of hydrogen-bond acceptors (Lipinski definition) is 6. The summed E-state index contributed by atoms with van der Waals surface area (Å²) in [7, 11) is 2.82. The second-order valence-corrected chi connectivity index (χ2v) is 8.65. The van der Waals surface area contributed by atoms with Crippen LogP contribution in [0.3, 0.4) is 0 Å². The molecule has 2 aromatic carbocycles. The topological polar surface area (TPSA) is 69.8 Å². The average molecular weight is 435 g/mol. The molecule has 0 atom stereocenters. The highest BCUT2D eigenvalue weighted by molar-refractivity contribution is 8.76. The normalized spacial score (nSPS) is 10.9. The summed E-state index contributed by atoms with van der Waals surface area (Å²) in [5, 5.41) is 9.09. The number of aldehydes is 2. The number of carbonyl (C=O) groups is 2. The SMILES string of the molecule is Cc1nn(-c2ccccc2)c(C=O)c1SSc1c(C)nn(-c2ccccc2)c1C=O. The van der Waals surface area contributed by atoms with Gasteiger partial charge in [0.2, 0.25) is 0 Å². The summed E-state index contributed by atoms with van der Waals surface area (Å²) in [6, 6.07) is 19.1. The lowest BCUT2D eigenvalue weighted by Gasteiger charge is -2.05. The molecule has 2 aromatic heterocycles. The summed E-state index contributed by atoms with van der Waals surface area (Å²) in [5.41, 5.74) is 4.11. The lowest BCUT2D eigenvalue weighted by Crippen LogP contribution is -2.01. The Labute approximate surface area is 181 Å². The van der Waals surface area contributed by atoms with Crippen molar-refractivity contribution < 1.29 is 9.59 Å². The monoisotopic (exact) mass is 434 g/mol. The Balaban J connectivity index is 1.68. The summed E-state index contributed by atoms with van der Waals surface area (Å²) >= 11 is 0. The third kappa shape index (κ3) is 3.71. The zero-order valence-corrected chi connectivity index (χ0v) is 18.0. The molecular formula is C22H18N4O2S2. The number of hydrogen-bond donors (Lipinski definition) is 0. The third-order valence-corrected chi connectivity index (χ3v) is 7.19. The maximum atomic E-state index is 11.9. The second kappa shape index (κ2) is 8.73. The molecule has 0 aliphatic rings. The van der Waals surface area contributed by atoms with Crippen LogP contribution in [0.4, 0.5) is 0 Å². The summed E-state index contributed by atoms with van der Waals surface area (Å²) < 4.78 is 3.29. The lowest BCUT2D eigenvalue weighted by molar-refractivity contribution is 0.110. The van der Waals surface area contributed by atoms with Crippen molar-refractivity contribution >= 4 is 34.2 Å². The molecule has 0 aliphatic carbocycles. The van der Waals surface area contributed by atoms with E-state index in [-0.39, 0.29) is 0 Å². The summed E-state index contributed by atoms with van der Waals surface area (Å²) in [6.07, 6.45) is 1.63. The van der Waals surface area contributed by atoms with Gasteiger partial charge in [-0.3, -0.25) is 9.59 Å². The van der Waals surface area contributed by atoms with Crippen molar-refractivity contribution in [1.82, 2.24) is 19.6 Å². The minimum atomic E-state index is 0.483. The van der Waals surface area contributed by atoms with Crippen LogP contribution in [-0.4, -0.2) is 32.1 Å². The second-order valence-electron chi connectivity index (χ2n) is 6.50. The van der Waals surface area contributed by atoms with E-state index in [1.807, 2.05) is 74.5 Å². The van der Waals surface area contributed by atoms with E-state index < -0.39 is 0 Å². The van der Waals surface area contributed by atoms with Gasteiger partial charge in [-0.25, -0.2) is 9.36 Å². The Bertz CT molecular complexity index is 1110. The van der Waals surface area contributed by atoms with Gasteiger partial charge in [0.05, 0.1) is 32.6 Å². The van der Waals surface area contributed by atoms with Gasteiger partial charge in [-0.2, -0.15) is 10.2 Å². The number of benzene rings is 2. The van der Waals surface area contributed by atoms with Crippen LogP contribution in [0.1, 0.15) is 32.4 Å². The van der Waals surface area contributed by atoms with Crippen molar-refractivity contribution in [3.05, 3.63) is 83.4 Å². The first-order valence-electron chi connectivity index (χ1n) is 9.19. The van der Waals surface area contributed by atoms with Gasteiger partial charge in [0.25, 0.3) is 0 Å². The van der Waals surface area contributed by atoms with Gasteiger partial charge in [0, 0.05) is 0 Å². The molecule has 4 aromatic rings. The molecule has 2 heterocycles. The van der Waals surface area contributed by atoms with E-state index in [0.29, 0.717) is 11.4 Å². The summed E-state index contributed by atoms with van der Waals surface area (Å²) in [4.78, 5) is 25.3. The Morgan fingerprint density at radius 3 is 1.37 bits per heavy atom. The number of para-hydroxylation sites is 2. The van der Waals surface area contributed by atoms with Crippen LogP contribution in [0, 0.1) is 13.8 Å². The van der Waals surface area contributed by atoms with Crippen molar-refractivity contribution in [2.75, 3.05) is 0 Å². The van der Waals surface area contributed by atoms with Crippen LogP contribution < -0.4 is 0 Å². The molecule has 0 aliphatic heterocycles. The molecule has 0 bridgehead atoms. The van der Waals surface area contributed by atoms with Gasteiger partial charge < -0.3 is 0 Å². The van der Waals surface area contributed by atoms with E-state index in [1.54, 1.807) is 9.36 Å². The van der Waals surface area contributed by atoms with Gasteiger partial charge in [-0.05, 0) is 59.7 Å². The molecule has 150 valence electrons. The van der Waals surface area contributed by atoms with E-state index >= 15 is 0 Å². The van der Waals surface area contributed by atoms with Crippen molar-refractivity contribution in [2.45, 2.75) is 23.6 Å². The molecule has 6 nitrogen and oxygen atoms in total. The zero-order chi connectivity index (χ0) is 21.1. The van der Waals surface area contributed by atoms with Gasteiger partial charge >= 0.3 is 0 Å². The molecule has 4 rings (SSSR count). The number of rotatable bonds is 7. The molecule has 30 heavy (non-hydrogen) atoms. The van der Waals surface area contributed by atoms with E-state index in [0.717, 1.165) is 45.1 Å². The Morgan fingerprint density at radius 1 is 0.667 bits per heavy atom. The highest BCUT2D eigenvalue weighted by atomic mass is 33.1. The third-order valence-electron chi connectivity index (χ3n) is 4.51. The number of aromatic nitrogens is 4. The van der Waals surface area contributed by atoms with Crippen molar-refractivity contribution in [3.8, 4) is 11.4 Å². The largest absolute Gasteiger partial charge is 0.296 e. The molecule has 0 saturated carbocycles. The minimum absolute atomic E-state index is 0.483. The van der Waals surface area contributed by atoms with E-state index in [9.17, 15) is 9.59 Å². The number of nitrogens with zero attached hydrogens (tertiary/aromatic N) is 4. The standard InChI is InChI=1S/C22H18N4O2S2/c1-15-21(19(13-27)25(23-15)17-9-5-3-6-10-17)29-30-22-16(2)24-26(20(22)14-28)18-11-7-4-8-12-18/h3-14H,1-2H3. The van der Waals surface area contributed by atoms with Crippen molar-refractivity contribution in [1.29, 1.82) is 0 Å². The van der Waals surface area contributed by atoms with E-state index in [1.165, 1.54) is 21.6 Å². The van der Waals surface area contributed by atoms with Gasteiger partial charge in [-0.1, -0.05) is 36.4 Å². The van der Waals surface area contributed by atoms with Gasteiger partial charge in [0.15, 0.2) is 12.6 Å². The van der Waals surface area contributed by atoms with Crippen LogP contribution in [0.5, 0.6) is 0 Å². The first kappa shape index (κ1) is 20.2. The minimum Gasteiger partial charge on any atom is -0.296 e. The maximum Gasteiger partial charge on any atom is 0.169 e. The quantitative estimate of drug-likeness (QED) is 0.298. The van der Waals surface area contributed by atoms with Crippen molar-refractivity contribution in [3.63, 3.8) is 0 Å². The van der Waals surface area contributed by atoms with E-state index in [4.69, 9.17) is 0 Å². The Morgan fingerprint density at radius 2 is 1.03 bits per heavy atom. The molecular weight excluding hydrogens is 416 g/mol. The predicted octanol–water partition coefficient (Wildman–Crippen LogP) is 5.10. The van der Waals surface area contributed by atoms with Crippen molar-refractivity contribution in [2.24, 2.45) is 0 Å².